The van der Waals surface area contributed by atoms with Gasteiger partial charge in [0.1, 0.15) is 0 Å². The van der Waals surface area contributed by atoms with E-state index < -0.39 is 0 Å². The van der Waals surface area contributed by atoms with Crippen LogP contribution in [-0.2, 0) is 4.79 Å². The third kappa shape index (κ3) is 4.42. The lowest BCUT2D eigenvalue weighted by molar-refractivity contribution is -0.129. The van der Waals surface area contributed by atoms with Crippen molar-refractivity contribution in [1.29, 1.82) is 0 Å². The molecule has 1 aliphatic rings. The molecule has 3 aromatic heterocycles. The van der Waals surface area contributed by atoms with Gasteiger partial charge < -0.3 is 10.2 Å². The molecule has 4 rings (SSSR count). The number of likely N-dealkylation sites (tertiary alicyclic amines) is 1. The average molecular weight is 413 g/mol. The van der Waals surface area contributed by atoms with E-state index in [-0.39, 0.29) is 11.9 Å². The molecule has 1 aliphatic heterocycles. The summed E-state index contributed by atoms with van der Waals surface area (Å²) in [6.45, 7) is 2.70. The number of hydrogen-bond acceptors (Lipinski definition) is 8. The fraction of sp³-hybridized carbons (Fsp3) is 0.316. The van der Waals surface area contributed by atoms with Crippen LogP contribution in [0.3, 0.4) is 0 Å². The molecule has 0 spiro atoms. The molecule has 1 atom stereocenters. The number of anilines is 2. The molecule has 1 fully saturated rings. The molecule has 1 saturated heterocycles. The van der Waals surface area contributed by atoms with Crippen molar-refractivity contribution in [3.63, 3.8) is 0 Å². The number of aryl methyl sites for hydroxylation is 1. The number of hydrogen-bond donors (Lipinski definition) is 1. The Labute approximate surface area is 171 Å². The molecule has 1 amide bonds. The van der Waals surface area contributed by atoms with E-state index in [1.807, 2.05) is 22.6 Å². The lowest BCUT2D eigenvalue weighted by Gasteiger charge is -2.34. The Balaban J connectivity index is 1.47. The first-order valence-corrected chi connectivity index (χ1v) is 10.9. The molecule has 0 radical (unpaired) electrons. The van der Waals surface area contributed by atoms with Gasteiger partial charge in [-0.1, -0.05) is 0 Å². The zero-order valence-corrected chi connectivity index (χ0v) is 17.0. The fourth-order valence-corrected chi connectivity index (χ4v) is 4.50. The zero-order chi connectivity index (χ0) is 19.3. The summed E-state index contributed by atoms with van der Waals surface area (Å²) in [5.41, 5.74) is 1.74. The Morgan fingerprint density at radius 2 is 2.07 bits per heavy atom. The van der Waals surface area contributed by atoms with Crippen molar-refractivity contribution in [2.24, 2.45) is 0 Å². The number of aromatic nitrogens is 4. The second-order valence-electron chi connectivity index (χ2n) is 6.44. The van der Waals surface area contributed by atoms with Crippen LogP contribution < -0.4 is 5.32 Å². The largest absolute Gasteiger partial charge is 0.331 e. The average Bonchev–Trinajstić information content (AvgIpc) is 3.36. The second kappa shape index (κ2) is 8.57. The van der Waals surface area contributed by atoms with E-state index in [2.05, 4.69) is 25.3 Å². The summed E-state index contributed by atoms with van der Waals surface area (Å²) in [5.74, 6) is 0.519. The van der Waals surface area contributed by atoms with Gasteiger partial charge in [-0.05, 0) is 38.3 Å². The van der Waals surface area contributed by atoms with Gasteiger partial charge in [-0.3, -0.25) is 4.79 Å². The normalized spacial score (nSPS) is 17.2. The first-order chi connectivity index (χ1) is 13.7. The van der Waals surface area contributed by atoms with Gasteiger partial charge in [0.15, 0.2) is 5.13 Å². The van der Waals surface area contributed by atoms with Crippen LogP contribution in [0.2, 0.25) is 0 Å². The Kier molecular flexibility index (Phi) is 5.73. The number of carbonyl (C=O) groups excluding carboxylic acids is 1. The van der Waals surface area contributed by atoms with Crippen molar-refractivity contribution in [2.45, 2.75) is 32.2 Å². The van der Waals surface area contributed by atoms with Gasteiger partial charge in [0.05, 0.1) is 22.4 Å². The van der Waals surface area contributed by atoms with Gasteiger partial charge in [-0.25, -0.2) is 19.9 Å². The summed E-state index contributed by atoms with van der Waals surface area (Å²) >= 11 is 3.08. The first-order valence-electron chi connectivity index (χ1n) is 9.09. The van der Waals surface area contributed by atoms with E-state index in [1.165, 1.54) is 11.3 Å². The molecule has 0 saturated carbocycles. The van der Waals surface area contributed by atoms with E-state index in [0.717, 1.165) is 47.3 Å². The van der Waals surface area contributed by atoms with E-state index in [4.69, 9.17) is 0 Å². The highest BCUT2D eigenvalue weighted by molar-refractivity contribution is 7.13. The minimum Gasteiger partial charge on any atom is -0.331 e. The predicted octanol–water partition coefficient (Wildman–Crippen LogP) is 4.21. The maximum Gasteiger partial charge on any atom is 0.247 e. The summed E-state index contributed by atoms with van der Waals surface area (Å²) < 4.78 is 0. The molecule has 0 aromatic carbocycles. The van der Waals surface area contributed by atoms with Crippen LogP contribution in [-0.4, -0.2) is 37.3 Å². The zero-order valence-electron chi connectivity index (χ0n) is 15.4. The Hall–Kier alpha value is -2.65. The van der Waals surface area contributed by atoms with Crippen LogP contribution in [0.1, 0.15) is 41.7 Å². The van der Waals surface area contributed by atoms with Gasteiger partial charge in [0.2, 0.25) is 11.9 Å². The monoisotopic (exact) mass is 412 g/mol. The van der Waals surface area contributed by atoms with E-state index in [0.29, 0.717) is 5.95 Å². The quantitative estimate of drug-likeness (QED) is 0.632. The molecule has 28 heavy (non-hydrogen) atoms. The molecule has 1 unspecified atom stereocenters. The standard InChI is InChI=1S/C19H20N6OS2/c1-13-22-14(11-27-13)6-7-17(26)25-10-3-2-5-16(25)15-12-28-19(23-15)24-18-20-8-4-9-21-18/h4,6-9,11-12,16H,2-3,5,10H2,1H3,(H,20,21,23,24). The highest BCUT2D eigenvalue weighted by Crippen LogP contribution is 2.33. The molecule has 1 N–H and O–H groups in total. The SMILES string of the molecule is Cc1nc(C=CC(=O)N2CCCCC2c2csc(Nc3ncccn3)n2)cs1. The molecule has 0 aliphatic carbocycles. The molecular formula is C19H20N6OS2. The molecular weight excluding hydrogens is 392 g/mol. The Bertz CT molecular complexity index is 968. The number of carbonyl (C=O) groups is 1. The van der Waals surface area contributed by atoms with Crippen LogP contribution in [0, 0.1) is 6.92 Å². The van der Waals surface area contributed by atoms with Crippen LogP contribution >= 0.6 is 22.7 Å². The number of piperidine rings is 1. The highest BCUT2D eigenvalue weighted by atomic mass is 32.1. The van der Waals surface area contributed by atoms with Gasteiger partial charge in [-0.2, -0.15) is 0 Å². The van der Waals surface area contributed by atoms with Crippen molar-refractivity contribution in [2.75, 3.05) is 11.9 Å². The Morgan fingerprint density at radius 1 is 1.21 bits per heavy atom. The number of nitrogens with one attached hydrogen (secondary N) is 1. The summed E-state index contributed by atoms with van der Waals surface area (Å²) in [4.78, 5) is 32.1. The number of nitrogens with zero attached hydrogens (tertiary/aromatic N) is 5. The lowest BCUT2D eigenvalue weighted by Crippen LogP contribution is -2.37. The van der Waals surface area contributed by atoms with E-state index >= 15 is 0 Å². The second-order valence-corrected chi connectivity index (χ2v) is 8.36. The van der Waals surface area contributed by atoms with Crippen LogP contribution in [0.5, 0.6) is 0 Å². The first kappa shape index (κ1) is 18.7. The molecule has 144 valence electrons. The van der Waals surface area contributed by atoms with E-state index in [1.54, 1.807) is 41.9 Å². The van der Waals surface area contributed by atoms with E-state index in [9.17, 15) is 4.79 Å². The number of amides is 1. The lowest BCUT2D eigenvalue weighted by atomic mass is 10.00. The smallest absolute Gasteiger partial charge is 0.247 e. The summed E-state index contributed by atoms with van der Waals surface area (Å²) in [6, 6.07) is 1.76. The third-order valence-corrected chi connectivity index (χ3v) is 6.03. The molecule has 3 aromatic rings. The topological polar surface area (TPSA) is 83.9 Å². The molecule has 4 heterocycles. The maximum absolute atomic E-state index is 12.8. The van der Waals surface area contributed by atoms with Crippen LogP contribution in [0.4, 0.5) is 11.1 Å². The van der Waals surface area contributed by atoms with Gasteiger partial charge >= 0.3 is 0 Å². The number of thiazole rings is 2. The van der Waals surface area contributed by atoms with Crippen molar-refractivity contribution in [3.8, 4) is 0 Å². The summed E-state index contributed by atoms with van der Waals surface area (Å²) in [7, 11) is 0. The minimum atomic E-state index is -0.00781. The van der Waals surface area contributed by atoms with Crippen molar-refractivity contribution < 1.29 is 4.79 Å². The molecule has 0 bridgehead atoms. The van der Waals surface area contributed by atoms with Crippen LogP contribution in [0.25, 0.3) is 6.08 Å². The van der Waals surface area contributed by atoms with Gasteiger partial charge in [0.25, 0.3) is 0 Å². The summed E-state index contributed by atoms with van der Waals surface area (Å²) in [5, 5.41) is 8.80. The van der Waals surface area contributed by atoms with Crippen LogP contribution in [0.15, 0.2) is 35.3 Å². The number of rotatable bonds is 5. The molecule has 9 heteroatoms. The predicted molar refractivity (Wildman–Crippen MR) is 112 cm³/mol. The third-order valence-electron chi connectivity index (χ3n) is 4.47. The van der Waals surface area contributed by atoms with Crippen molar-refractivity contribution in [3.05, 3.63) is 51.7 Å². The van der Waals surface area contributed by atoms with Gasteiger partial charge in [0, 0.05) is 35.8 Å². The maximum atomic E-state index is 12.8. The highest BCUT2D eigenvalue weighted by Gasteiger charge is 2.28. The fourth-order valence-electron chi connectivity index (χ4n) is 3.17. The Morgan fingerprint density at radius 3 is 2.86 bits per heavy atom. The van der Waals surface area contributed by atoms with Crippen molar-refractivity contribution >= 4 is 45.7 Å². The minimum absolute atomic E-state index is 0.00394. The molecule has 7 nitrogen and oxygen atoms in total. The summed E-state index contributed by atoms with van der Waals surface area (Å²) in [6.07, 6.45) is 9.79. The van der Waals surface area contributed by atoms with Crippen molar-refractivity contribution in [1.82, 2.24) is 24.8 Å². The van der Waals surface area contributed by atoms with Gasteiger partial charge in [-0.15, -0.1) is 22.7 Å².